The standard InChI is InChI=1S/C23H20ClN5O4S/c1-27-20-17(22(31)28(2)23(27)32)18(13-5-3-4-12(6-13)7-25)29-8-14(9-30)33-10-15(19(20)29)21-26-16(24)11-34-21/h3-6,11,14-15,30H,8-10H2,1-2H3/t14-,15+/m1/s1. The van der Waals surface area contributed by atoms with Gasteiger partial charge >= 0.3 is 5.69 Å². The molecule has 9 nitrogen and oxygen atoms in total. The van der Waals surface area contributed by atoms with Crippen molar-refractivity contribution in [1.82, 2.24) is 18.7 Å². The fourth-order valence-corrected chi connectivity index (χ4v) is 5.65. The van der Waals surface area contributed by atoms with Crippen LogP contribution < -0.4 is 11.2 Å². The minimum Gasteiger partial charge on any atom is -0.394 e. The zero-order valence-corrected chi connectivity index (χ0v) is 19.9. The highest BCUT2D eigenvalue weighted by Crippen LogP contribution is 2.41. The summed E-state index contributed by atoms with van der Waals surface area (Å²) >= 11 is 7.49. The Kier molecular flexibility index (Phi) is 5.65. The van der Waals surface area contributed by atoms with Gasteiger partial charge in [-0.15, -0.1) is 11.3 Å². The molecule has 4 aromatic rings. The molecule has 174 valence electrons. The van der Waals surface area contributed by atoms with Gasteiger partial charge in [-0.25, -0.2) is 9.78 Å². The predicted molar refractivity (Wildman–Crippen MR) is 128 cm³/mol. The van der Waals surface area contributed by atoms with Crippen molar-refractivity contribution >= 4 is 33.8 Å². The number of nitriles is 1. The first-order valence-corrected chi connectivity index (χ1v) is 11.8. The fraction of sp³-hybridized carbons (Fsp3) is 0.304. The van der Waals surface area contributed by atoms with Crippen LogP contribution >= 0.6 is 22.9 Å². The van der Waals surface area contributed by atoms with Gasteiger partial charge in [0.05, 0.1) is 65.7 Å². The average molecular weight is 498 g/mol. The van der Waals surface area contributed by atoms with Gasteiger partial charge in [-0.2, -0.15) is 5.26 Å². The number of hydrogen-bond acceptors (Lipinski definition) is 7. The molecule has 1 aliphatic rings. The summed E-state index contributed by atoms with van der Waals surface area (Å²) in [5, 5.41) is 22.6. The van der Waals surface area contributed by atoms with Crippen LogP contribution in [0.15, 0.2) is 39.2 Å². The summed E-state index contributed by atoms with van der Waals surface area (Å²) in [7, 11) is 3.07. The molecule has 0 unspecified atom stereocenters. The van der Waals surface area contributed by atoms with Crippen LogP contribution in [0.1, 0.15) is 22.2 Å². The molecule has 2 atom stereocenters. The molecule has 0 spiro atoms. The first-order chi connectivity index (χ1) is 16.3. The maximum absolute atomic E-state index is 13.5. The first kappa shape index (κ1) is 22.6. The zero-order chi connectivity index (χ0) is 24.1. The number of halogens is 1. The van der Waals surface area contributed by atoms with Crippen molar-refractivity contribution < 1.29 is 9.84 Å². The number of thiazole rings is 1. The third-order valence-corrected chi connectivity index (χ3v) is 7.46. The molecule has 1 N–H and O–H groups in total. The van der Waals surface area contributed by atoms with E-state index in [0.717, 1.165) is 4.57 Å². The molecule has 0 aliphatic carbocycles. The van der Waals surface area contributed by atoms with Crippen molar-refractivity contribution in [2.45, 2.75) is 18.6 Å². The Morgan fingerprint density at radius 2 is 2.12 bits per heavy atom. The summed E-state index contributed by atoms with van der Waals surface area (Å²) in [6.07, 6.45) is -0.542. The Bertz CT molecular complexity index is 1590. The molecule has 4 heterocycles. The SMILES string of the molecule is Cn1c(=O)c2c(-c3cccc(C#N)c3)n3c(c2n(C)c1=O)[C@@H](c1nc(Cl)cs1)CO[C@@H](CO)C3. The molecule has 0 amide bonds. The number of aromatic nitrogens is 4. The van der Waals surface area contributed by atoms with Crippen LogP contribution in [0, 0.1) is 11.3 Å². The molecule has 0 saturated heterocycles. The van der Waals surface area contributed by atoms with Crippen molar-refractivity contribution in [3.05, 3.63) is 71.9 Å². The van der Waals surface area contributed by atoms with Crippen molar-refractivity contribution in [1.29, 1.82) is 5.26 Å². The van der Waals surface area contributed by atoms with E-state index < -0.39 is 23.3 Å². The lowest BCUT2D eigenvalue weighted by atomic mass is 10.0. The molecule has 1 aliphatic heterocycles. The van der Waals surface area contributed by atoms with E-state index in [1.54, 1.807) is 30.6 Å². The van der Waals surface area contributed by atoms with Gasteiger partial charge in [0.1, 0.15) is 10.2 Å². The highest BCUT2D eigenvalue weighted by Gasteiger charge is 2.35. The van der Waals surface area contributed by atoms with E-state index in [4.69, 9.17) is 16.3 Å². The molecule has 3 aromatic heterocycles. The highest BCUT2D eigenvalue weighted by atomic mass is 35.5. The maximum Gasteiger partial charge on any atom is 0.331 e. The second-order valence-corrected chi connectivity index (χ2v) is 9.44. The predicted octanol–water partition coefficient (Wildman–Crippen LogP) is 2.21. The Balaban J connectivity index is 1.98. The van der Waals surface area contributed by atoms with Gasteiger partial charge in [0, 0.05) is 25.0 Å². The highest BCUT2D eigenvalue weighted by molar-refractivity contribution is 7.10. The summed E-state index contributed by atoms with van der Waals surface area (Å²) < 4.78 is 10.5. The number of fused-ring (bicyclic) bond motifs is 3. The second-order valence-electron chi connectivity index (χ2n) is 8.17. The van der Waals surface area contributed by atoms with E-state index in [1.807, 2.05) is 10.6 Å². The lowest BCUT2D eigenvalue weighted by Gasteiger charge is -2.16. The van der Waals surface area contributed by atoms with Crippen LogP contribution in [0.4, 0.5) is 0 Å². The van der Waals surface area contributed by atoms with Gasteiger partial charge in [0.2, 0.25) is 0 Å². The first-order valence-electron chi connectivity index (χ1n) is 10.5. The molecule has 0 radical (unpaired) electrons. The van der Waals surface area contributed by atoms with Crippen LogP contribution in [0.3, 0.4) is 0 Å². The Morgan fingerprint density at radius 3 is 2.79 bits per heavy atom. The number of aryl methyl sites for hydroxylation is 1. The van der Waals surface area contributed by atoms with Crippen molar-refractivity contribution in [3.63, 3.8) is 0 Å². The molecule has 5 rings (SSSR count). The number of aliphatic hydroxyl groups is 1. The van der Waals surface area contributed by atoms with Crippen LogP contribution in [-0.2, 0) is 25.4 Å². The molecule has 0 bridgehead atoms. The second kappa shape index (κ2) is 8.52. The molecular weight excluding hydrogens is 478 g/mol. The van der Waals surface area contributed by atoms with Crippen molar-refractivity contribution in [3.8, 4) is 17.3 Å². The third kappa shape index (κ3) is 3.40. The molecule has 1 aromatic carbocycles. The lowest BCUT2D eigenvalue weighted by molar-refractivity contribution is 0.00850. The quantitative estimate of drug-likeness (QED) is 0.464. The number of hydrogen-bond donors (Lipinski definition) is 1. The number of benzene rings is 1. The van der Waals surface area contributed by atoms with Gasteiger partial charge < -0.3 is 14.4 Å². The number of nitrogens with zero attached hydrogens (tertiary/aromatic N) is 5. The van der Waals surface area contributed by atoms with E-state index in [2.05, 4.69) is 11.1 Å². The maximum atomic E-state index is 13.5. The smallest absolute Gasteiger partial charge is 0.331 e. The Labute approximate surface area is 202 Å². The van der Waals surface area contributed by atoms with E-state index >= 15 is 0 Å². The van der Waals surface area contributed by atoms with Crippen LogP contribution in [0.25, 0.3) is 22.2 Å². The molecule has 0 fully saturated rings. The normalized spacial score (nSPS) is 18.0. The average Bonchev–Trinajstić information content (AvgIpc) is 3.36. The minimum absolute atomic E-state index is 0.190. The molecular formula is C23H20ClN5O4S. The lowest BCUT2D eigenvalue weighted by Crippen LogP contribution is -2.37. The topological polar surface area (TPSA) is 115 Å². The van der Waals surface area contributed by atoms with Crippen LogP contribution in [-0.4, -0.2) is 43.1 Å². The van der Waals surface area contributed by atoms with Crippen molar-refractivity contribution in [2.24, 2.45) is 14.1 Å². The van der Waals surface area contributed by atoms with E-state index in [9.17, 15) is 20.0 Å². The van der Waals surface area contributed by atoms with E-state index in [-0.39, 0.29) is 19.8 Å². The van der Waals surface area contributed by atoms with Gasteiger partial charge in [-0.05, 0) is 12.1 Å². The number of rotatable bonds is 3. The zero-order valence-electron chi connectivity index (χ0n) is 18.4. The Morgan fingerprint density at radius 1 is 1.32 bits per heavy atom. The van der Waals surface area contributed by atoms with Gasteiger partial charge in [-0.3, -0.25) is 13.9 Å². The minimum atomic E-state index is -0.542. The third-order valence-electron chi connectivity index (χ3n) is 6.18. The van der Waals surface area contributed by atoms with Crippen LogP contribution in [0.5, 0.6) is 0 Å². The molecule has 34 heavy (non-hydrogen) atoms. The van der Waals surface area contributed by atoms with E-state index in [1.165, 1.54) is 23.0 Å². The number of ether oxygens (including phenoxy) is 1. The summed E-state index contributed by atoms with van der Waals surface area (Å²) in [6.45, 7) is 0.211. The molecule has 0 saturated carbocycles. The molecule has 11 heteroatoms. The Hall–Kier alpha value is -3.23. The fourth-order valence-electron chi connectivity index (χ4n) is 4.61. The summed E-state index contributed by atoms with van der Waals surface area (Å²) in [4.78, 5) is 30.9. The summed E-state index contributed by atoms with van der Waals surface area (Å²) in [5.74, 6) is -0.429. The summed E-state index contributed by atoms with van der Waals surface area (Å²) in [5.41, 5.74) is 1.93. The summed E-state index contributed by atoms with van der Waals surface area (Å²) in [6, 6.07) is 9.11. The van der Waals surface area contributed by atoms with Gasteiger partial charge in [-0.1, -0.05) is 23.7 Å². The van der Waals surface area contributed by atoms with Gasteiger partial charge in [0.15, 0.2) is 0 Å². The monoisotopic (exact) mass is 497 g/mol. The number of aliphatic hydroxyl groups excluding tert-OH is 1. The van der Waals surface area contributed by atoms with E-state index in [0.29, 0.717) is 43.6 Å². The van der Waals surface area contributed by atoms with Gasteiger partial charge in [0.25, 0.3) is 5.56 Å². The van der Waals surface area contributed by atoms with Crippen LogP contribution in [0.2, 0.25) is 5.15 Å². The largest absolute Gasteiger partial charge is 0.394 e. The van der Waals surface area contributed by atoms with Crippen molar-refractivity contribution in [2.75, 3.05) is 13.2 Å².